The van der Waals surface area contributed by atoms with Gasteiger partial charge in [-0.05, 0) is 55.0 Å². The van der Waals surface area contributed by atoms with Crippen LogP contribution in [0, 0.1) is 12.3 Å². The zero-order valence-corrected chi connectivity index (χ0v) is 24.4. The number of nitrogens with one attached hydrogen (secondary N) is 1. The van der Waals surface area contributed by atoms with Crippen molar-refractivity contribution in [2.45, 2.75) is 65.7 Å². The van der Waals surface area contributed by atoms with E-state index in [9.17, 15) is 0 Å². The Morgan fingerprint density at radius 2 is 1.92 bits per heavy atom. The predicted molar refractivity (Wildman–Crippen MR) is 157 cm³/mol. The molecule has 0 aliphatic carbocycles. The molecular weight excluding hydrogens is 476 g/mol. The quantitative estimate of drug-likeness (QED) is 0.421. The van der Waals surface area contributed by atoms with E-state index < -0.39 is 0 Å². The van der Waals surface area contributed by atoms with Crippen LogP contribution in [0.2, 0.25) is 0 Å². The van der Waals surface area contributed by atoms with Crippen molar-refractivity contribution in [2.24, 2.45) is 5.41 Å². The molecule has 5 nitrogen and oxygen atoms in total. The number of hydrogen-bond acceptors (Lipinski definition) is 6. The second kappa shape index (κ2) is 12.1. The Kier molecular flexibility index (Phi) is 9.04. The first kappa shape index (κ1) is 27.7. The number of allylic oxidation sites excluding steroid dienone is 1. The van der Waals surface area contributed by atoms with Crippen LogP contribution < -0.4 is 10.1 Å². The molecule has 0 saturated carbocycles. The van der Waals surface area contributed by atoms with Crippen LogP contribution in [0.1, 0.15) is 48.9 Å². The summed E-state index contributed by atoms with van der Waals surface area (Å²) in [5, 5.41) is 3.49. The van der Waals surface area contributed by atoms with E-state index in [1.807, 2.05) is 17.4 Å². The SMILES string of the molecule is C=C(C1CC(N(Cc2cccc(OC)c2)C(=C)CC(C)(C)C)CN1Cc1ccc(C)s1)N1CCNCC1. The number of likely N-dealkylation sites (tertiary alicyclic amines) is 1. The van der Waals surface area contributed by atoms with E-state index >= 15 is 0 Å². The van der Waals surface area contributed by atoms with Crippen molar-refractivity contribution in [2.75, 3.05) is 39.8 Å². The first-order valence-electron chi connectivity index (χ1n) is 13.6. The number of piperazine rings is 1. The summed E-state index contributed by atoms with van der Waals surface area (Å²) in [4.78, 5) is 10.6. The van der Waals surface area contributed by atoms with E-state index in [1.54, 1.807) is 7.11 Å². The number of aryl methyl sites for hydroxylation is 1. The van der Waals surface area contributed by atoms with Crippen LogP contribution in [0.5, 0.6) is 5.75 Å². The van der Waals surface area contributed by atoms with E-state index in [1.165, 1.54) is 26.7 Å². The van der Waals surface area contributed by atoms with Gasteiger partial charge < -0.3 is 19.9 Å². The maximum absolute atomic E-state index is 5.53. The Morgan fingerprint density at radius 3 is 2.57 bits per heavy atom. The molecule has 0 spiro atoms. The maximum atomic E-state index is 5.53. The average molecular weight is 523 g/mol. The minimum atomic E-state index is 0.181. The molecule has 2 saturated heterocycles. The van der Waals surface area contributed by atoms with Gasteiger partial charge in [-0.15, -0.1) is 11.3 Å². The molecule has 2 aliphatic heterocycles. The van der Waals surface area contributed by atoms with Gasteiger partial charge in [0.15, 0.2) is 0 Å². The summed E-state index contributed by atoms with van der Waals surface area (Å²) < 4.78 is 5.53. The molecule has 6 heteroatoms. The maximum Gasteiger partial charge on any atom is 0.119 e. The third kappa shape index (κ3) is 7.40. The van der Waals surface area contributed by atoms with Crippen molar-refractivity contribution in [3.8, 4) is 5.75 Å². The molecule has 37 heavy (non-hydrogen) atoms. The van der Waals surface area contributed by atoms with Crippen molar-refractivity contribution in [1.82, 2.24) is 20.0 Å². The molecule has 2 aliphatic rings. The van der Waals surface area contributed by atoms with Crippen LogP contribution in [-0.4, -0.2) is 66.6 Å². The largest absolute Gasteiger partial charge is 0.497 e. The normalized spacial score (nSPS) is 20.7. The fourth-order valence-electron chi connectivity index (χ4n) is 5.74. The lowest BCUT2D eigenvalue weighted by Crippen LogP contribution is -2.46. The molecule has 2 unspecified atom stereocenters. The molecule has 4 rings (SSSR count). The number of thiophene rings is 1. The van der Waals surface area contributed by atoms with Crippen LogP contribution in [0.3, 0.4) is 0 Å². The molecule has 2 atom stereocenters. The molecule has 3 heterocycles. The van der Waals surface area contributed by atoms with Crippen LogP contribution in [0.25, 0.3) is 0 Å². The highest BCUT2D eigenvalue weighted by molar-refractivity contribution is 7.11. The lowest BCUT2D eigenvalue weighted by molar-refractivity contribution is 0.195. The summed E-state index contributed by atoms with van der Waals surface area (Å²) in [6.45, 7) is 25.4. The second-order valence-corrected chi connectivity index (χ2v) is 13.2. The Labute approximate surface area is 228 Å². The summed E-state index contributed by atoms with van der Waals surface area (Å²) >= 11 is 1.91. The number of nitrogens with zero attached hydrogens (tertiary/aromatic N) is 3. The standard InChI is InChI=1S/C31H46N4OS/c1-23(19-31(4,5)6)35(20-26-9-8-10-28(17-26)36-7)27-18-30(25(3)33-15-13-32-14-16-33)34(21-27)22-29-12-11-24(2)37-29/h8-12,17,27,30,32H,1,3,13-16,18-22H2,2,4-7H3. The van der Waals surface area contributed by atoms with Crippen molar-refractivity contribution >= 4 is 11.3 Å². The Bertz CT molecular complexity index is 1070. The van der Waals surface area contributed by atoms with Gasteiger partial charge in [0.2, 0.25) is 0 Å². The molecule has 1 N–H and O–H groups in total. The minimum absolute atomic E-state index is 0.181. The lowest BCUT2D eigenvalue weighted by atomic mass is 9.90. The number of methoxy groups -OCH3 is 1. The fraction of sp³-hybridized carbons (Fsp3) is 0.548. The smallest absolute Gasteiger partial charge is 0.119 e. The van der Waals surface area contributed by atoms with Crippen molar-refractivity contribution < 1.29 is 4.74 Å². The van der Waals surface area contributed by atoms with Gasteiger partial charge in [0.25, 0.3) is 0 Å². The molecule has 1 aromatic carbocycles. The Hall–Kier alpha value is -2.28. The number of hydrogen-bond donors (Lipinski definition) is 1. The summed E-state index contributed by atoms with van der Waals surface area (Å²) in [6.07, 6.45) is 2.04. The summed E-state index contributed by atoms with van der Waals surface area (Å²) in [5.41, 5.74) is 3.94. The van der Waals surface area contributed by atoms with Gasteiger partial charge in [0.1, 0.15) is 5.75 Å². The van der Waals surface area contributed by atoms with Crippen molar-refractivity contribution in [3.05, 3.63) is 76.3 Å². The highest BCUT2D eigenvalue weighted by Gasteiger charge is 2.39. The van der Waals surface area contributed by atoms with E-state index in [0.717, 1.165) is 64.4 Å². The number of ether oxygens (including phenoxy) is 1. The zero-order chi connectivity index (χ0) is 26.6. The van der Waals surface area contributed by atoms with Gasteiger partial charge in [-0.3, -0.25) is 4.90 Å². The van der Waals surface area contributed by atoms with E-state index in [2.05, 4.69) is 91.2 Å². The molecule has 0 amide bonds. The summed E-state index contributed by atoms with van der Waals surface area (Å²) in [6, 6.07) is 13.7. The Balaban J connectivity index is 1.60. The van der Waals surface area contributed by atoms with Crippen LogP contribution in [0.4, 0.5) is 0 Å². The number of benzene rings is 1. The highest BCUT2D eigenvalue weighted by atomic mass is 32.1. The monoisotopic (exact) mass is 522 g/mol. The van der Waals surface area contributed by atoms with E-state index in [-0.39, 0.29) is 5.41 Å². The third-order valence-corrected chi connectivity index (χ3v) is 8.50. The van der Waals surface area contributed by atoms with Gasteiger partial charge in [0, 0.05) is 73.0 Å². The van der Waals surface area contributed by atoms with Crippen LogP contribution in [0.15, 0.2) is 61.0 Å². The predicted octanol–water partition coefficient (Wildman–Crippen LogP) is 5.88. The van der Waals surface area contributed by atoms with Crippen molar-refractivity contribution in [1.29, 1.82) is 0 Å². The van der Waals surface area contributed by atoms with Crippen LogP contribution in [-0.2, 0) is 13.1 Å². The minimum Gasteiger partial charge on any atom is -0.497 e. The topological polar surface area (TPSA) is 31.0 Å². The zero-order valence-electron chi connectivity index (χ0n) is 23.6. The van der Waals surface area contributed by atoms with E-state index in [4.69, 9.17) is 4.74 Å². The molecule has 0 radical (unpaired) electrons. The summed E-state index contributed by atoms with van der Waals surface area (Å²) in [7, 11) is 1.74. The van der Waals surface area contributed by atoms with Gasteiger partial charge in [0.05, 0.1) is 13.2 Å². The molecule has 202 valence electrons. The number of rotatable bonds is 10. The lowest BCUT2D eigenvalue weighted by Gasteiger charge is -2.37. The highest BCUT2D eigenvalue weighted by Crippen LogP contribution is 2.35. The second-order valence-electron chi connectivity index (χ2n) is 11.9. The van der Waals surface area contributed by atoms with Crippen LogP contribution >= 0.6 is 11.3 Å². The average Bonchev–Trinajstić information content (AvgIpc) is 3.47. The molecule has 1 aromatic heterocycles. The first-order valence-corrected chi connectivity index (χ1v) is 14.5. The van der Waals surface area contributed by atoms with Crippen molar-refractivity contribution in [3.63, 3.8) is 0 Å². The third-order valence-electron chi connectivity index (χ3n) is 7.51. The molecule has 0 bridgehead atoms. The fourth-order valence-corrected chi connectivity index (χ4v) is 6.66. The van der Waals surface area contributed by atoms with Gasteiger partial charge in [-0.2, -0.15) is 0 Å². The van der Waals surface area contributed by atoms with E-state index in [0.29, 0.717) is 12.1 Å². The van der Waals surface area contributed by atoms with Gasteiger partial charge >= 0.3 is 0 Å². The Morgan fingerprint density at radius 1 is 1.16 bits per heavy atom. The van der Waals surface area contributed by atoms with Gasteiger partial charge in [-0.1, -0.05) is 46.1 Å². The molecule has 2 aromatic rings. The summed E-state index contributed by atoms with van der Waals surface area (Å²) in [5.74, 6) is 0.907. The first-order chi connectivity index (χ1) is 17.6. The molecular formula is C31H46N4OS. The van der Waals surface area contributed by atoms with Gasteiger partial charge in [-0.25, -0.2) is 0 Å². The molecule has 2 fully saturated rings.